The highest BCUT2D eigenvalue weighted by molar-refractivity contribution is 14.1. The Labute approximate surface area is 135 Å². The highest BCUT2D eigenvalue weighted by atomic mass is 127. The summed E-state index contributed by atoms with van der Waals surface area (Å²) >= 11 is 2.21. The van der Waals surface area contributed by atoms with Crippen LogP contribution in [0.15, 0.2) is 24.3 Å². The summed E-state index contributed by atoms with van der Waals surface area (Å²) in [4.78, 5) is 14.8. The monoisotopic (exact) mass is 386 g/mol. The number of amides is 1. The van der Waals surface area contributed by atoms with Crippen LogP contribution in [-0.4, -0.2) is 36.0 Å². The lowest BCUT2D eigenvalue weighted by molar-refractivity contribution is 0.0797. The fraction of sp³-hybridized carbons (Fsp3) is 0.562. The second-order valence-electron chi connectivity index (χ2n) is 6.02. The Morgan fingerprint density at radius 3 is 2.55 bits per heavy atom. The Morgan fingerprint density at radius 2 is 1.90 bits per heavy atom. The van der Waals surface area contributed by atoms with Crippen LogP contribution in [0.5, 0.6) is 0 Å². The van der Waals surface area contributed by atoms with Crippen molar-refractivity contribution >= 4 is 28.5 Å². The third-order valence-electron chi connectivity index (χ3n) is 4.01. The van der Waals surface area contributed by atoms with Crippen LogP contribution < -0.4 is 5.32 Å². The number of rotatable bonds is 4. The Morgan fingerprint density at radius 1 is 1.25 bits per heavy atom. The molecule has 0 saturated carbocycles. The van der Waals surface area contributed by atoms with Crippen LogP contribution >= 0.6 is 22.6 Å². The number of likely N-dealkylation sites (tertiary alicyclic amines) is 1. The van der Waals surface area contributed by atoms with Crippen molar-refractivity contribution in [3.8, 4) is 0 Å². The van der Waals surface area contributed by atoms with E-state index in [-0.39, 0.29) is 11.4 Å². The van der Waals surface area contributed by atoms with Gasteiger partial charge in [0.15, 0.2) is 0 Å². The predicted octanol–water partition coefficient (Wildman–Crippen LogP) is 3.29. The average molecular weight is 386 g/mol. The van der Waals surface area contributed by atoms with Gasteiger partial charge in [-0.1, -0.05) is 18.6 Å². The van der Waals surface area contributed by atoms with Crippen molar-refractivity contribution in [2.24, 2.45) is 0 Å². The lowest BCUT2D eigenvalue weighted by Gasteiger charge is -2.41. The van der Waals surface area contributed by atoms with Crippen LogP contribution in [0.25, 0.3) is 0 Å². The van der Waals surface area contributed by atoms with Crippen molar-refractivity contribution in [1.82, 2.24) is 10.2 Å². The van der Waals surface area contributed by atoms with Crippen LogP contribution in [-0.2, 0) is 0 Å². The predicted molar refractivity (Wildman–Crippen MR) is 91.0 cm³/mol. The van der Waals surface area contributed by atoms with E-state index < -0.39 is 0 Å². The van der Waals surface area contributed by atoms with Crippen LogP contribution in [0.2, 0.25) is 0 Å². The molecule has 20 heavy (non-hydrogen) atoms. The van der Waals surface area contributed by atoms with Crippen molar-refractivity contribution in [3.05, 3.63) is 33.4 Å². The topological polar surface area (TPSA) is 32.3 Å². The molecule has 1 N–H and O–H groups in total. The third kappa shape index (κ3) is 3.95. The molecular formula is C16H23IN2O. The number of benzene rings is 1. The van der Waals surface area contributed by atoms with Crippen molar-refractivity contribution in [1.29, 1.82) is 0 Å². The number of nitrogens with one attached hydrogen (secondary N) is 1. The summed E-state index contributed by atoms with van der Waals surface area (Å²) in [5.74, 6) is 0.0279. The lowest BCUT2D eigenvalue weighted by Crippen LogP contribution is -2.53. The summed E-state index contributed by atoms with van der Waals surface area (Å²) in [6.45, 7) is 7.41. The van der Waals surface area contributed by atoms with Gasteiger partial charge in [0.05, 0.1) is 5.56 Å². The first-order valence-electron chi connectivity index (χ1n) is 7.28. The minimum absolute atomic E-state index is 0.0241. The van der Waals surface area contributed by atoms with Crippen LogP contribution in [0.3, 0.4) is 0 Å². The maximum Gasteiger partial charge on any atom is 0.252 e. The van der Waals surface area contributed by atoms with E-state index in [0.29, 0.717) is 6.54 Å². The van der Waals surface area contributed by atoms with Gasteiger partial charge in [-0.25, -0.2) is 0 Å². The first-order chi connectivity index (χ1) is 9.50. The molecule has 0 spiro atoms. The van der Waals surface area contributed by atoms with E-state index in [2.05, 4.69) is 46.7 Å². The first kappa shape index (κ1) is 15.8. The van der Waals surface area contributed by atoms with Gasteiger partial charge in [0.1, 0.15) is 0 Å². The van der Waals surface area contributed by atoms with Gasteiger partial charge in [-0.2, -0.15) is 0 Å². The molecule has 1 aliphatic heterocycles. The number of hydrogen-bond donors (Lipinski definition) is 1. The van der Waals surface area contributed by atoms with Crippen molar-refractivity contribution in [2.75, 3.05) is 19.6 Å². The van der Waals surface area contributed by atoms with Gasteiger partial charge in [-0.05, 0) is 74.5 Å². The molecule has 2 rings (SSSR count). The zero-order chi connectivity index (χ0) is 14.6. The molecule has 1 aromatic carbocycles. The second-order valence-corrected chi connectivity index (χ2v) is 7.18. The van der Waals surface area contributed by atoms with Gasteiger partial charge in [0.2, 0.25) is 0 Å². The summed E-state index contributed by atoms with van der Waals surface area (Å²) in [6.07, 6.45) is 3.88. The van der Waals surface area contributed by atoms with E-state index in [1.165, 1.54) is 19.3 Å². The largest absolute Gasteiger partial charge is 0.350 e. The van der Waals surface area contributed by atoms with E-state index in [4.69, 9.17) is 0 Å². The molecule has 110 valence electrons. The summed E-state index contributed by atoms with van der Waals surface area (Å²) in [6, 6.07) is 7.71. The van der Waals surface area contributed by atoms with Crippen LogP contribution in [0, 0.1) is 3.57 Å². The molecule has 4 heteroatoms. The first-order valence-corrected chi connectivity index (χ1v) is 8.36. The van der Waals surface area contributed by atoms with E-state index in [1.807, 2.05) is 24.3 Å². The van der Waals surface area contributed by atoms with Crippen molar-refractivity contribution < 1.29 is 4.79 Å². The molecule has 0 unspecified atom stereocenters. The van der Waals surface area contributed by atoms with Crippen molar-refractivity contribution in [2.45, 2.75) is 38.6 Å². The van der Waals surface area contributed by atoms with Crippen LogP contribution in [0.4, 0.5) is 0 Å². The zero-order valence-electron chi connectivity index (χ0n) is 12.3. The number of halogens is 1. The highest BCUT2D eigenvalue weighted by Crippen LogP contribution is 2.20. The van der Waals surface area contributed by atoms with Crippen molar-refractivity contribution in [3.63, 3.8) is 0 Å². The van der Waals surface area contributed by atoms with Gasteiger partial charge in [-0.15, -0.1) is 0 Å². The Hall–Kier alpha value is -0.620. The molecule has 3 nitrogen and oxygen atoms in total. The van der Waals surface area contributed by atoms with E-state index in [1.54, 1.807) is 0 Å². The van der Waals surface area contributed by atoms with Gasteiger partial charge in [0.25, 0.3) is 5.91 Å². The molecule has 0 atom stereocenters. The van der Waals surface area contributed by atoms with Crippen LogP contribution in [0.1, 0.15) is 43.5 Å². The fourth-order valence-electron chi connectivity index (χ4n) is 2.65. The third-order valence-corrected chi connectivity index (χ3v) is 4.95. The number of carbonyl (C=O) groups is 1. The quantitative estimate of drug-likeness (QED) is 0.806. The normalized spacial score (nSPS) is 16.9. The summed E-state index contributed by atoms with van der Waals surface area (Å²) in [7, 11) is 0. The average Bonchev–Trinajstić information content (AvgIpc) is 2.46. The molecule has 1 heterocycles. The molecule has 0 bridgehead atoms. The molecule has 1 aliphatic rings. The number of piperidine rings is 1. The van der Waals surface area contributed by atoms with Gasteiger partial charge >= 0.3 is 0 Å². The number of nitrogens with zero attached hydrogens (tertiary/aromatic N) is 1. The molecule has 1 fully saturated rings. The minimum atomic E-state index is 0.0241. The maximum atomic E-state index is 12.3. The maximum absolute atomic E-state index is 12.3. The molecule has 0 radical (unpaired) electrons. The molecule has 1 amide bonds. The smallest absolute Gasteiger partial charge is 0.252 e. The highest BCUT2D eigenvalue weighted by Gasteiger charge is 2.28. The Kier molecular flexibility index (Phi) is 5.43. The minimum Gasteiger partial charge on any atom is -0.350 e. The summed E-state index contributed by atoms with van der Waals surface area (Å²) in [5, 5.41) is 3.09. The summed E-state index contributed by atoms with van der Waals surface area (Å²) < 4.78 is 0.998. The molecule has 0 aliphatic carbocycles. The number of hydrogen-bond acceptors (Lipinski definition) is 2. The summed E-state index contributed by atoms with van der Waals surface area (Å²) in [5.41, 5.74) is 0.790. The molecule has 0 aromatic heterocycles. The lowest BCUT2D eigenvalue weighted by atomic mass is 9.98. The number of carbonyl (C=O) groups excluding carboxylic acids is 1. The standard InChI is InChI=1S/C16H23IN2O/c1-16(2,19-10-6-3-7-11-19)12-18-15(20)13-8-4-5-9-14(13)17/h4-5,8-9H,3,6-7,10-12H2,1-2H3,(H,18,20). The Bertz CT molecular complexity index is 467. The molecular weight excluding hydrogens is 363 g/mol. The second kappa shape index (κ2) is 6.89. The Balaban J connectivity index is 1.94. The SMILES string of the molecule is CC(C)(CNC(=O)c1ccccc1I)N1CCCCC1. The molecule has 1 aromatic rings. The van der Waals surface area contributed by atoms with E-state index in [9.17, 15) is 4.79 Å². The van der Waals surface area contributed by atoms with E-state index >= 15 is 0 Å². The molecule has 1 saturated heterocycles. The van der Waals surface area contributed by atoms with E-state index in [0.717, 1.165) is 22.2 Å². The van der Waals surface area contributed by atoms with Gasteiger partial charge in [0, 0.05) is 15.7 Å². The zero-order valence-corrected chi connectivity index (χ0v) is 14.4. The van der Waals surface area contributed by atoms with Gasteiger partial charge in [-0.3, -0.25) is 9.69 Å². The van der Waals surface area contributed by atoms with Gasteiger partial charge < -0.3 is 5.32 Å². The fourth-order valence-corrected chi connectivity index (χ4v) is 3.28.